The van der Waals surface area contributed by atoms with Crippen molar-refractivity contribution in [2.24, 2.45) is 0 Å². The maximum absolute atomic E-state index is 12.9. The van der Waals surface area contributed by atoms with Gasteiger partial charge in [-0.2, -0.15) is 0 Å². The van der Waals surface area contributed by atoms with Crippen LogP contribution in [0.4, 0.5) is 0 Å². The van der Waals surface area contributed by atoms with Crippen LogP contribution in [0.3, 0.4) is 0 Å². The van der Waals surface area contributed by atoms with E-state index in [2.05, 4.69) is 0 Å². The first kappa shape index (κ1) is 23.9. The van der Waals surface area contributed by atoms with Gasteiger partial charge < -0.3 is 14.2 Å². The first-order chi connectivity index (χ1) is 16.6. The van der Waals surface area contributed by atoms with E-state index in [1.165, 1.54) is 11.8 Å². The normalized spacial score (nSPS) is 14.5. The third-order valence-electron chi connectivity index (χ3n) is 5.10. The number of rotatable bonds is 10. The van der Waals surface area contributed by atoms with Gasteiger partial charge in [0.25, 0.3) is 5.91 Å². The zero-order valence-electron chi connectivity index (χ0n) is 18.8. The second-order valence-electron chi connectivity index (χ2n) is 7.55. The Morgan fingerprint density at radius 1 is 0.882 bits per heavy atom. The molecule has 0 radical (unpaired) electrons. The van der Waals surface area contributed by atoms with Crippen molar-refractivity contribution < 1.29 is 19.0 Å². The lowest BCUT2D eigenvalue weighted by Crippen LogP contribution is -2.27. The van der Waals surface area contributed by atoms with E-state index in [0.717, 1.165) is 34.8 Å². The fraction of sp³-hybridized carbons (Fsp3) is 0.185. The third-order valence-corrected chi connectivity index (χ3v) is 6.48. The van der Waals surface area contributed by atoms with Crippen molar-refractivity contribution in [3.8, 4) is 17.2 Å². The highest BCUT2D eigenvalue weighted by Crippen LogP contribution is 2.34. The monoisotopic (exact) mass is 491 g/mol. The molecule has 0 saturated carbocycles. The number of methoxy groups -OCH3 is 1. The molecule has 3 aromatic rings. The lowest BCUT2D eigenvalue weighted by molar-refractivity contribution is -0.122. The molecular weight excluding hydrogens is 466 g/mol. The predicted octanol–water partition coefficient (Wildman–Crippen LogP) is 5.94. The highest BCUT2D eigenvalue weighted by atomic mass is 32.2. The van der Waals surface area contributed by atoms with E-state index < -0.39 is 0 Å². The summed E-state index contributed by atoms with van der Waals surface area (Å²) >= 11 is 6.78. The maximum atomic E-state index is 12.9. The quantitative estimate of drug-likeness (QED) is 0.199. The van der Waals surface area contributed by atoms with Gasteiger partial charge in [-0.05, 0) is 53.6 Å². The minimum atomic E-state index is -0.0687. The molecule has 7 heteroatoms. The number of hydrogen-bond acceptors (Lipinski definition) is 6. The number of hydrogen-bond donors (Lipinski definition) is 0. The standard InChI is InChI=1S/C27H25NO4S2/c1-30-22-11-13-23(14-12-22)31-15-6-16-32-24-10-5-9-21(17-24)18-25-26(29)28(27(33)34-25)19-20-7-3-2-4-8-20/h2-5,7-14,17-18H,6,15-16,19H2,1H3/b25-18+. The lowest BCUT2D eigenvalue weighted by Gasteiger charge is -2.14. The summed E-state index contributed by atoms with van der Waals surface area (Å²) in [6, 6.07) is 25.0. The van der Waals surface area contributed by atoms with Gasteiger partial charge in [0, 0.05) is 6.42 Å². The van der Waals surface area contributed by atoms with Crippen molar-refractivity contribution in [2.45, 2.75) is 13.0 Å². The zero-order valence-corrected chi connectivity index (χ0v) is 20.4. The highest BCUT2D eigenvalue weighted by molar-refractivity contribution is 8.26. The van der Waals surface area contributed by atoms with Crippen molar-refractivity contribution in [3.63, 3.8) is 0 Å². The summed E-state index contributed by atoms with van der Waals surface area (Å²) in [7, 11) is 1.64. The molecule has 0 atom stereocenters. The number of thioether (sulfide) groups is 1. The second kappa shape index (κ2) is 11.7. The largest absolute Gasteiger partial charge is 0.497 e. The first-order valence-electron chi connectivity index (χ1n) is 10.9. The molecule has 1 saturated heterocycles. The van der Waals surface area contributed by atoms with Gasteiger partial charge in [-0.3, -0.25) is 9.69 Å². The average molecular weight is 492 g/mol. The van der Waals surface area contributed by atoms with Gasteiger partial charge in [0.2, 0.25) is 0 Å². The molecule has 1 aliphatic rings. The zero-order chi connectivity index (χ0) is 23.8. The Morgan fingerprint density at radius 3 is 2.32 bits per heavy atom. The number of carbonyl (C=O) groups is 1. The predicted molar refractivity (Wildman–Crippen MR) is 140 cm³/mol. The van der Waals surface area contributed by atoms with Crippen molar-refractivity contribution in [2.75, 3.05) is 20.3 Å². The van der Waals surface area contributed by atoms with Crippen LogP contribution in [-0.4, -0.2) is 35.5 Å². The van der Waals surface area contributed by atoms with Crippen LogP contribution in [0, 0.1) is 0 Å². The van der Waals surface area contributed by atoms with E-state index in [0.29, 0.717) is 29.0 Å². The molecule has 1 amide bonds. The molecule has 0 unspecified atom stereocenters. The summed E-state index contributed by atoms with van der Waals surface area (Å²) < 4.78 is 17.3. The van der Waals surface area contributed by atoms with Gasteiger partial charge in [-0.25, -0.2) is 0 Å². The van der Waals surface area contributed by atoms with E-state index in [-0.39, 0.29) is 5.91 Å². The number of carbonyl (C=O) groups excluding carboxylic acids is 1. The molecule has 34 heavy (non-hydrogen) atoms. The van der Waals surface area contributed by atoms with E-state index >= 15 is 0 Å². The summed E-state index contributed by atoms with van der Waals surface area (Å²) in [4.78, 5) is 15.2. The van der Waals surface area contributed by atoms with Gasteiger partial charge in [-0.1, -0.05) is 66.4 Å². The van der Waals surface area contributed by atoms with Crippen molar-refractivity contribution in [1.82, 2.24) is 4.90 Å². The number of nitrogens with zero attached hydrogens (tertiary/aromatic N) is 1. The van der Waals surface area contributed by atoms with Crippen LogP contribution in [0.1, 0.15) is 17.5 Å². The summed E-state index contributed by atoms with van der Waals surface area (Å²) in [6.07, 6.45) is 2.61. The number of ether oxygens (including phenoxy) is 3. The van der Waals surface area contributed by atoms with Gasteiger partial charge in [0.1, 0.15) is 21.6 Å². The van der Waals surface area contributed by atoms with Crippen LogP contribution in [0.2, 0.25) is 0 Å². The van der Waals surface area contributed by atoms with E-state index in [4.69, 9.17) is 26.4 Å². The van der Waals surface area contributed by atoms with Gasteiger partial charge in [-0.15, -0.1) is 0 Å². The molecule has 0 aromatic heterocycles. The van der Waals surface area contributed by atoms with Crippen molar-refractivity contribution in [1.29, 1.82) is 0 Å². The summed E-state index contributed by atoms with van der Waals surface area (Å²) in [5, 5.41) is 0. The third kappa shape index (κ3) is 6.40. The van der Waals surface area contributed by atoms with Gasteiger partial charge in [0.05, 0.1) is 31.8 Å². The Hall–Kier alpha value is -3.29. The Balaban J connectivity index is 1.28. The van der Waals surface area contributed by atoms with E-state index in [1.807, 2.05) is 84.9 Å². The highest BCUT2D eigenvalue weighted by Gasteiger charge is 2.31. The molecule has 4 rings (SSSR count). The van der Waals surface area contributed by atoms with Crippen molar-refractivity contribution in [3.05, 3.63) is 94.9 Å². The summed E-state index contributed by atoms with van der Waals surface area (Å²) in [6.45, 7) is 1.55. The van der Waals surface area contributed by atoms with Crippen LogP contribution >= 0.6 is 24.0 Å². The Labute approximate surface area is 209 Å². The molecule has 0 bridgehead atoms. The van der Waals surface area contributed by atoms with Crippen molar-refractivity contribution >= 4 is 40.3 Å². The van der Waals surface area contributed by atoms with Crippen LogP contribution in [-0.2, 0) is 11.3 Å². The van der Waals surface area contributed by atoms with Crippen LogP contribution in [0.15, 0.2) is 83.8 Å². The average Bonchev–Trinajstić information content (AvgIpc) is 3.12. The molecule has 0 spiro atoms. The topological polar surface area (TPSA) is 48.0 Å². The van der Waals surface area contributed by atoms with Gasteiger partial charge in [0.15, 0.2) is 0 Å². The van der Waals surface area contributed by atoms with Crippen LogP contribution < -0.4 is 14.2 Å². The molecule has 174 valence electrons. The molecule has 0 aliphatic carbocycles. The molecule has 3 aromatic carbocycles. The number of thiocarbonyl (C=S) groups is 1. The molecule has 1 heterocycles. The minimum Gasteiger partial charge on any atom is -0.497 e. The molecular formula is C27H25NO4S2. The van der Waals surface area contributed by atoms with E-state index in [1.54, 1.807) is 12.0 Å². The molecule has 5 nitrogen and oxygen atoms in total. The Bertz CT molecular complexity index is 1160. The second-order valence-corrected chi connectivity index (χ2v) is 9.23. The lowest BCUT2D eigenvalue weighted by atomic mass is 10.2. The fourth-order valence-corrected chi connectivity index (χ4v) is 4.61. The maximum Gasteiger partial charge on any atom is 0.266 e. The number of benzene rings is 3. The van der Waals surface area contributed by atoms with Crippen LogP contribution in [0.5, 0.6) is 17.2 Å². The molecule has 0 N–H and O–H groups in total. The van der Waals surface area contributed by atoms with Gasteiger partial charge >= 0.3 is 0 Å². The first-order valence-corrected chi connectivity index (χ1v) is 12.1. The smallest absolute Gasteiger partial charge is 0.266 e. The van der Waals surface area contributed by atoms with E-state index in [9.17, 15) is 4.79 Å². The summed E-state index contributed by atoms with van der Waals surface area (Å²) in [5.74, 6) is 2.28. The number of amides is 1. The molecule has 1 fully saturated rings. The fourth-order valence-electron chi connectivity index (χ4n) is 3.36. The Kier molecular flexibility index (Phi) is 8.22. The minimum absolute atomic E-state index is 0.0687. The summed E-state index contributed by atoms with van der Waals surface area (Å²) in [5.41, 5.74) is 1.94. The van der Waals surface area contributed by atoms with Crippen LogP contribution in [0.25, 0.3) is 6.08 Å². The SMILES string of the molecule is COc1ccc(OCCCOc2cccc(/C=C3/SC(=S)N(Cc4ccccc4)C3=O)c2)cc1. The molecule has 1 aliphatic heterocycles. The Morgan fingerprint density at radius 2 is 1.59 bits per heavy atom.